The van der Waals surface area contributed by atoms with Crippen LogP contribution in [0.2, 0.25) is 0 Å². The lowest BCUT2D eigenvalue weighted by atomic mass is 9.88. The largest absolute Gasteiger partial charge is 0.461 e. The van der Waals surface area contributed by atoms with E-state index in [4.69, 9.17) is 9.47 Å². The van der Waals surface area contributed by atoms with Crippen molar-refractivity contribution >= 4 is 5.78 Å². The summed E-state index contributed by atoms with van der Waals surface area (Å²) in [5.74, 6) is 0.361. The second kappa shape index (κ2) is 7.94. The number of aliphatic hydroxyl groups is 5. The number of fused-ring (bicyclic) bond motifs is 1. The maximum Gasteiger partial charge on any atom is 0.229 e. The molecule has 3 rings (SSSR count). The fourth-order valence-corrected chi connectivity index (χ4v) is 4.40. The molecule has 0 aromatic heterocycles. The van der Waals surface area contributed by atoms with E-state index >= 15 is 0 Å². The van der Waals surface area contributed by atoms with Crippen molar-refractivity contribution in [3.05, 3.63) is 27.8 Å². The summed E-state index contributed by atoms with van der Waals surface area (Å²) in [6.45, 7) is 6.72. The van der Waals surface area contributed by atoms with E-state index in [-0.39, 0.29) is 12.4 Å². The summed E-state index contributed by atoms with van der Waals surface area (Å²) in [6, 6.07) is 0. The molecule has 8 nitrogen and oxygen atoms in total. The third-order valence-corrected chi connectivity index (χ3v) is 6.10. The fraction of sp³-hybridized carbons (Fsp3) is 0.667. The molecule has 5 N–H and O–H groups in total. The van der Waals surface area contributed by atoms with Crippen molar-refractivity contribution in [3.63, 3.8) is 0 Å². The second-order valence-electron chi connectivity index (χ2n) is 8.59. The van der Waals surface area contributed by atoms with Gasteiger partial charge in [-0.2, -0.15) is 0 Å². The maximum absolute atomic E-state index is 13.0. The molecule has 162 valence electrons. The number of carbonyl (C=O) groups is 1. The molecule has 29 heavy (non-hydrogen) atoms. The van der Waals surface area contributed by atoms with Crippen molar-refractivity contribution in [2.75, 3.05) is 13.2 Å². The molecule has 1 saturated heterocycles. The van der Waals surface area contributed by atoms with Crippen LogP contribution in [-0.2, 0) is 17.6 Å². The second-order valence-corrected chi connectivity index (χ2v) is 8.59. The number of Topliss-reactive ketones (excluding diaryl/α,β-unsaturated/α-hetero) is 1. The van der Waals surface area contributed by atoms with Gasteiger partial charge in [-0.3, -0.25) is 4.79 Å². The van der Waals surface area contributed by atoms with Crippen LogP contribution >= 0.6 is 0 Å². The number of hydrogen-bond donors (Lipinski definition) is 5. The van der Waals surface area contributed by atoms with E-state index in [1.54, 1.807) is 0 Å². The summed E-state index contributed by atoms with van der Waals surface area (Å²) >= 11 is 0. The molecule has 1 aromatic rings. The van der Waals surface area contributed by atoms with Crippen molar-refractivity contribution < 1.29 is 39.8 Å². The van der Waals surface area contributed by atoms with E-state index in [2.05, 4.69) is 0 Å². The van der Waals surface area contributed by atoms with E-state index in [0.29, 0.717) is 29.7 Å². The minimum absolute atomic E-state index is 0.0113. The molecule has 5 atom stereocenters. The lowest BCUT2D eigenvalue weighted by molar-refractivity contribution is -0.277. The van der Waals surface area contributed by atoms with Crippen molar-refractivity contribution in [2.24, 2.45) is 5.41 Å². The highest BCUT2D eigenvalue weighted by molar-refractivity contribution is 6.06. The molecule has 8 heteroatoms. The fourth-order valence-electron chi connectivity index (χ4n) is 4.40. The van der Waals surface area contributed by atoms with Gasteiger partial charge in [0.2, 0.25) is 6.29 Å². The smallest absolute Gasteiger partial charge is 0.229 e. The van der Waals surface area contributed by atoms with Gasteiger partial charge < -0.3 is 35.0 Å². The monoisotopic (exact) mass is 410 g/mol. The number of aliphatic hydroxyl groups excluding tert-OH is 5. The molecule has 1 fully saturated rings. The molecule has 1 heterocycles. The Morgan fingerprint density at radius 3 is 2.31 bits per heavy atom. The lowest BCUT2D eigenvalue weighted by Crippen LogP contribution is -2.60. The van der Waals surface area contributed by atoms with Gasteiger partial charge in [-0.15, -0.1) is 0 Å². The summed E-state index contributed by atoms with van der Waals surface area (Å²) in [7, 11) is 0. The SMILES string of the molecule is Cc1c(CCO)c(C)c2c(c1O[C@H]1O[C@H](CO)[C@H](O)[C@@H](O)[C@H]1O)CC(C)(C)C2=O. The Morgan fingerprint density at radius 1 is 1.07 bits per heavy atom. The zero-order chi connectivity index (χ0) is 21.7. The van der Waals surface area contributed by atoms with E-state index in [1.165, 1.54) is 0 Å². The Hall–Kier alpha value is -1.55. The number of hydrogen-bond acceptors (Lipinski definition) is 8. The first-order chi connectivity index (χ1) is 13.5. The highest BCUT2D eigenvalue weighted by Crippen LogP contribution is 2.46. The molecule has 0 bridgehead atoms. The Morgan fingerprint density at radius 2 is 1.72 bits per heavy atom. The van der Waals surface area contributed by atoms with Crippen LogP contribution in [0.3, 0.4) is 0 Å². The summed E-state index contributed by atoms with van der Waals surface area (Å²) < 4.78 is 11.5. The normalized spacial score (nSPS) is 31.1. The molecule has 0 unspecified atom stereocenters. The Bertz CT molecular complexity index is 801. The van der Waals surface area contributed by atoms with Gasteiger partial charge in [-0.1, -0.05) is 13.8 Å². The first-order valence-electron chi connectivity index (χ1n) is 9.82. The average Bonchev–Trinajstić information content (AvgIpc) is 2.91. The van der Waals surface area contributed by atoms with Crippen LogP contribution in [0.25, 0.3) is 0 Å². The number of carbonyl (C=O) groups excluding carboxylic acids is 1. The van der Waals surface area contributed by atoms with E-state index in [0.717, 1.165) is 16.7 Å². The Labute approximate surface area is 169 Å². The van der Waals surface area contributed by atoms with Crippen LogP contribution < -0.4 is 4.74 Å². The minimum Gasteiger partial charge on any atom is -0.461 e. The summed E-state index contributed by atoms with van der Waals surface area (Å²) in [6.07, 6.45) is -6.23. The third kappa shape index (κ3) is 3.58. The molecular formula is C21H30O8. The maximum atomic E-state index is 13.0. The summed E-state index contributed by atoms with van der Waals surface area (Å²) in [5, 5.41) is 49.3. The quantitative estimate of drug-likeness (QED) is 0.450. The van der Waals surface area contributed by atoms with Crippen molar-refractivity contribution in [3.8, 4) is 5.75 Å². The van der Waals surface area contributed by atoms with Crippen LogP contribution in [0.1, 0.15) is 46.5 Å². The van der Waals surface area contributed by atoms with Crippen molar-refractivity contribution in [1.29, 1.82) is 0 Å². The molecule has 0 spiro atoms. The average molecular weight is 410 g/mol. The third-order valence-electron chi connectivity index (χ3n) is 6.10. The van der Waals surface area contributed by atoms with E-state index in [9.17, 15) is 30.3 Å². The predicted molar refractivity (Wildman–Crippen MR) is 103 cm³/mol. The summed E-state index contributed by atoms with van der Waals surface area (Å²) in [5.41, 5.74) is 2.96. The van der Waals surface area contributed by atoms with Gasteiger partial charge >= 0.3 is 0 Å². The van der Waals surface area contributed by atoms with E-state index < -0.39 is 42.7 Å². The molecule has 1 aliphatic heterocycles. The van der Waals surface area contributed by atoms with Gasteiger partial charge in [0.25, 0.3) is 0 Å². The van der Waals surface area contributed by atoms with Gasteiger partial charge in [-0.25, -0.2) is 0 Å². The topological polar surface area (TPSA) is 137 Å². The molecule has 0 radical (unpaired) electrons. The van der Waals surface area contributed by atoms with Crippen LogP contribution in [-0.4, -0.2) is 75.2 Å². The zero-order valence-electron chi connectivity index (χ0n) is 17.2. The highest BCUT2D eigenvalue weighted by atomic mass is 16.7. The lowest BCUT2D eigenvalue weighted by Gasteiger charge is -2.40. The first-order valence-corrected chi connectivity index (χ1v) is 9.82. The number of benzene rings is 1. The number of ether oxygens (including phenoxy) is 2. The minimum atomic E-state index is -1.56. The molecule has 1 aliphatic carbocycles. The van der Waals surface area contributed by atoms with Gasteiger partial charge in [0.15, 0.2) is 5.78 Å². The van der Waals surface area contributed by atoms with Gasteiger partial charge in [0, 0.05) is 23.1 Å². The van der Waals surface area contributed by atoms with Crippen LogP contribution in [0.15, 0.2) is 0 Å². The van der Waals surface area contributed by atoms with Gasteiger partial charge in [0.1, 0.15) is 30.2 Å². The van der Waals surface area contributed by atoms with Crippen LogP contribution in [0, 0.1) is 19.3 Å². The van der Waals surface area contributed by atoms with Crippen molar-refractivity contribution in [2.45, 2.75) is 71.2 Å². The number of ketones is 1. The van der Waals surface area contributed by atoms with Crippen LogP contribution in [0.5, 0.6) is 5.75 Å². The summed E-state index contributed by atoms with van der Waals surface area (Å²) in [4.78, 5) is 13.0. The Kier molecular flexibility index (Phi) is 6.06. The van der Waals surface area contributed by atoms with E-state index in [1.807, 2.05) is 27.7 Å². The predicted octanol–water partition coefficient (Wildman–Crippen LogP) is -0.218. The molecular weight excluding hydrogens is 380 g/mol. The highest BCUT2D eigenvalue weighted by Gasteiger charge is 2.47. The zero-order valence-corrected chi connectivity index (χ0v) is 17.2. The van der Waals surface area contributed by atoms with Crippen LogP contribution in [0.4, 0.5) is 0 Å². The Balaban J connectivity index is 2.08. The molecule has 2 aliphatic rings. The number of rotatable bonds is 5. The van der Waals surface area contributed by atoms with Gasteiger partial charge in [-0.05, 0) is 43.4 Å². The molecule has 0 amide bonds. The standard InChI is InChI=1S/C21H30O8/c1-9-11(5-6-22)10(2)18(12-7-21(3,4)19(27)14(9)12)29-20-17(26)16(25)15(24)13(8-23)28-20/h13,15-17,20,22-26H,5-8H2,1-4H3/t13-,15+,16-,17-,20-/m1/s1. The van der Waals surface area contributed by atoms with Gasteiger partial charge in [0.05, 0.1) is 6.61 Å². The molecule has 1 aromatic carbocycles. The molecule has 0 saturated carbocycles. The first kappa shape index (κ1) is 22.1. The van der Waals surface area contributed by atoms with Crippen molar-refractivity contribution in [1.82, 2.24) is 0 Å².